The number of piperidine rings is 1. The van der Waals surface area contributed by atoms with E-state index in [0.29, 0.717) is 25.0 Å². The molecule has 5 nitrogen and oxygen atoms in total. The number of amides is 1. The Morgan fingerprint density at radius 3 is 2.42 bits per heavy atom. The van der Waals surface area contributed by atoms with Gasteiger partial charge in [-0.15, -0.1) is 0 Å². The number of rotatable bonds is 6. The van der Waals surface area contributed by atoms with E-state index in [1.807, 2.05) is 36.1 Å². The van der Waals surface area contributed by atoms with Gasteiger partial charge in [0.2, 0.25) is 5.91 Å². The van der Waals surface area contributed by atoms with Gasteiger partial charge in [0.15, 0.2) is 0 Å². The highest BCUT2D eigenvalue weighted by molar-refractivity contribution is 5.78. The van der Waals surface area contributed by atoms with E-state index in [-0.39, 0.29) is 5.91 Å². The Morgan fingerprint density at radius 1 is 1.15 bits per heavy atom. The fraction of sp³-hybridized carbons (Fsp3) is 0.667. The Labute approximate surface area is 157 Å². The number of carbonyl (C=O) groups excluding carboxylic acids is 1. The van der Waals surface area contributed by atoms with Gasteiger partial charge in [0.05, 0.1) is 26.2 Å². The quantitative estimate of drug-likeness (QED) is 0.782. The van der Waals surface area contributed by atoms with E-state index in [0.717, 1.165) is 63.5 Å². The van der Waals surface area contributed by atoms with E-state index < -0.39 is 0 Å². The molecule has 1 amide bonds. The van der Waals surface area contributed by atoms with Crippen molar-refractivity contribution in [3.8, 4) is 5.75 Å². The second kappa shape index (κ2) is 9.38. The average Bonchev–Trinajstić information content (AvgIpc) is 2.70. The Kier molecular flexibility index (Phi) is 6.92. The normalized spacial score (nSPS) is 20.8. The molecule has 5 heteroatoms. The molecule has 0 bridgehead atoms. The maximum Gasteiger partial charge on any atom is 0.226 e. The largest absolute Gasteiger partial charge is 0.494 e. The highest BCUT2D eigenvalue weighted by Gasteiger charge is 2.29. The minimum absolute atomic E-state index is 0.242. The van der Waals surface area contributed by atoms with Gasteiger partial charge in [-0.05, 0) is 50.3 Å². The number of hydrogen-bond acceptors (Lipinski definition) is 4. The number of carbonyl (C=O) groups is 1. The van der Waals surface area contributed by atoms with Crippen LogP contribution in [-0.2, 0) is 16.0 Å². The molecule has 0 unspecified atom stereocenters. The lowest BCUT2D eigenvalue weighted by molar-refractivity contribution is -0.132. The van der Waals surface area contributed by atoms with Crippen molar-refractivity contribution in [2.45, 2.75) is 39.2 Å². The van der Waals surface area contributed by atoms with Crippen LogP contribution in [0, 0.1) is 5.92 Å². The third kappa shape index (κ3) is 4.98. The Bertz CT molecular complexity index is 561. The van der Waals surface area contributed by atoms with Gasteiger partial charge in [0.1, 0.15) is 5.75 Å². The summed E-state index contributed by atoms with van der Waals surface area (Å²) in [6.07, 6.45) is 2.69. The lowest BCUT2D eigenvalue weighted by Gasteiger charge is -2.41. The minimum atomic E-state index is 0.242. The molecule has 0 saturated carbocycles. The molecule has 0 aromatic heterocycles. The maximum absolute atomic E-state index is 12.6. The van der Waals surface area contributed by atoms with Gasteiger partial charge in [0.25, 0.3) is 0 Å². The van der Waals surface area contributed by atoms with E-state index in [9.17, 15) is 4.79 Å². The van der Waals surface area contributed by atoms with Crippen molar-refractivity contribution in [3.05, 3.63) is 29.8 Å². The van der Waals surface area contributed by atoms with Crippen LogP contribution in [0.15, 0.2) is 24.3 Å². The van der Waals surface area contributed by atoms with Crippen LogP contribution in [0.3, 0.4) is 0 Å². The zero-order valence-electron chi connectivity index (χ0n) is 16.2. The number of benzene rings is 1. The molecule has 1 aromatic rings. The minimum Gasteiger partial charge on any atom is -0.494 e. The second-order valence-electron chi connectivity index (χ2n) is 7.36. The van der Waals surface area contributed by atoms with Crippen LogP contribution < -0.4 is 4.74 Å². The van der Waals surface area contributed by atoms with Crippen LogP contribution in [0.4, 0.5) is 0 Å². The Hall–Kier alpha value is -1.59. The number of nitrogens with zero attached hydrogens (tertiary/aromatic N) is 2. The molecule has 2 fully saturated rings. The summed E-state index contributed by atoms with van der Waals surface area (Å²) in [6, 6.07) is 8.47. The van der Waals surface area contributed by atoms with Crippen LogP contribution in [0.2, 0.25) is 0 Å². The summed E-state index contributed by atoms with van der Waals surface area (Å²) in [7, 11) is 0. The molecule has 2 aliphatic heterocycles. The van der Waals surface area contributed by atoms with E-state index in [2.05, 4.69) is 11.8 Å². The highest BCUT2D eigenvalue weighted by atomic mass is 16.5. The van der Waals surface area contributed by atoms with Gasteiger partial charge in [-0.2, -0.15) is 0 Å². The highest BCUT2D eigenvalue weighted by Crippen LogP contribution is 2.25. The van der Waals surface area contributed by atoms with E-state index in [1.165, 1.54) is 0 Å². The fourth-order valence-corrected chi connectivity index (χ4v) is 4.07. The standard InChI is InChI=1S/C21H32N2O3/c1-3-26-20-6-4-18(5-7-20)16-21(24)23-10-8-19(9-11-23)17(2)22-12-14-25-15-13-22/h4-7,17,19H,3,8-16H2,1-2H3/t17-/m1/s1. The van der Waals surface area contributed by atoms with Crippen molar-refractivity contribution in [1.82, 2.24) is 9.80 Å². The second-order valence-corrected chi connectivity index (χ2v) is 7.36. The van der Waals surface area contributed by atoms with Gasteiger partial charge in [0, 0.05) is 32.2 Å². The summed E-state index contributed by atoms with van der Waals surface area (Å²) >= 11 is 0. The molecule has 2 aliphatic rings. The lowest BCUT2D eigenvalue weighted by Crippen LogP contribution is -2.49. The Morgan fingerprint density at radius 2 is 1.81 bits per heavy atom. The average molecular weight is 360 g/mol. The summed E-state index contributed by atoms with van der Waals surface area (Å²) in [6.45, 7) is 10.5. The predicted octanol–water partition coefficient (Wildman–Crippen LogP) is 2.59. The van der Waals surface area contributed by atoms with Crippen LogP contribution in [0.25, 0.3) is 0 Å². The Balaban J connectivity index is 1.45. The first-order valence-corrected chi connectivity index (χ1v) is 9.98. The molecular formula is C21H32N2O3. The van der Waals surface area contributed by atoms with Crippen molar-refractivity contribution < 1.29 is 14.3 Å². The molecule has 3 rings (SSSR count). The molecule has 144 valence electrons. The van der Waals surface area contributed by atoms with Crippen molar-refractivity contribution >= 4 is 5.91 Å². The number of morpholine rings is 1. The van der Waals surface area contributed by atoms with Gasteiger partial charge >= 0.3 is 0 Å². The van der Waals surface area contributed by atoms with Gasteiger partial charge in [-0.3, -0.25) is 9.69 Å². The van der Waals surface area contributed by atoms with Crippen molar-refractivity contribution in [2.24, 2.45) is 5.92 Å². The molecule has 0 N–H and O–H groups in total. The van der Waals surface area contributed by atoms with Crippen molar-refractivity contribution in [2.75, 3.05) is 46.0 Å². The van der Waals surface area contributed by atoms with Crippen LogP contribution in [0.1, 0.15) is 32.3 Å². The van der Waals surface area contributed by atoms with Gasteiger partial charge < -0.3 is 14.4 Å². The third-order valence-electron chi connectivity index (χ3n) is 5.79. The maximum atomic E-state index is 12.6. The van der Waals surface area contributed by atoms with Gasteiger partial charge in [-0.25, -0.2) is 0 Å². The molecule has 1 aromatic carbocycles. The molecule has 1 atom stereocenters. The first-order chi connectivity index (χ1) is 12.7. The first-order valence-electron chi connectivity index (χ1n) is 9.98. The zero-order valence-corrected chi connectivity index (χ0v) is 16.2. The smallest absolute Gasteiger partial charge is 0.226 e. The molecule has 0 aliphatic carbocycles. The van der Waals surface area contributed by atoms with Crippen LogP contribution in [0.5, 0.6) is 5.75 Å². The SMILES string of the molecule is CCOc1ccc(CC(=O)N2CCC([C@@H](C)N3CCOCC3)CC2)cc1. The fourth-order valence-electron chi connectivity index (χ4n) is 4.07. The number of hydrogen-bond donors (Lipinski definition) is 0. The third-order valence-corrected chi connectivity index (χ3v) is 5.79. The zero-order chi connectivity index (χ0) is 18.4. The number of likely N-dealkylation sites (tertiary alicyclic amines) is 1. The summed E-state index contributed by atoms with van der Waals surface area (Å²) in [4.78, 5) is 17.2. The summed E-state index contributed by atoms with van der Waals surface area (Å²) < 4.78 is 10.9. The van der Waals surface area contributed by atoms with E-state index >= 15 is 0 Å². The van der Waals surface area contributed by atoms with E-state index in [4.69, 9.17) is 9.47 Å². The van der Waals surface area contributed by atoms with Crippen molar-refractivity contribution in [1.29, 1.82) is 0 Å². The summed E-state index contributed by atoms with van der Waals surface area (Å²) in [5, 5.41) is 0. The van der Waals surface area contributed by atoms with Crippen LogP contribution in [-0.4, -0.2) is 67.7 Å². The monoisotopic (exact) mass is 360 g/mol. The van der Waals surface area contributed by atoms with Gasteiger partial charge in [-0.1, -0.05) is 12.1 Å². The topological polar surface area (TPSA) is 42.0 Å². The molecule has 2 saturated heterocycles. The molecule has 2 heterocycles. The molecule has 0 radical (unpaired) electrons. The van der Waals surface area contributed by atoms with Crippen LogP contribution >= 0.6 is 0 Å². The number of ether oxygens (including phenoxy) is 2. The summed E-state index contributed by atoms with van der Waals surface area (Å²) in [5.74, 6) is 1.79. The molecular weight excluding hydrogens is 328 g/mol. The lowest BCUT2D eigenvalue weighted by atomic mass is 9.89. The molecule has 26 heavy (non-hydrogen) atoms. The van der Waals surface area contributed by atoms with Crippen molar-refractivity contribution in [3.63, 3.8) is 0 Å². The van der Waals surface area contributed by atoms with E-state index in [1.54, 1.807) is 0 Å². The predicted molar refractivity (Wildman–Crippen MR) is 102 cm³/mol. The summed E-state index contributed by atoms with van der Waals surface area (Å²) in [5.41, 5.74) is 1.06. The first kappa shape index (κ1) is 19.2. The molecule has 0 spiro atoms.